The van der Waals surface area contributed by atoms with Crippen molar-refractivity contribution in [3.05, 3.63) is 0 Å². The molecule has 1 N–H and O–H groups in total. The lowest BCUT2D eigenvalue weighted by Crippen LogP contribution is -2.52. The van der Waals surface area contributed by atoms with Gasteiger partial charge < -0.3 is 5.32 Å². The van der Waals surface area contributed by atoms with E-state index in [4.69, 9.17) is 0 Å². The van der Waals surface area contributed by atoms with Crippen molar-refractivity contribution in [2.45, 2.75) is 45.1 Å². The Balaban J connectivity index is 4.50. The molecule has 14 heavy (non-hydrogen) atoms. The van der Waals surface area contributed by atoms with E-state index in [1.165, 1.54) is 13.8 Å². The fourth-order valence-corrected chi connectivity index (χ4v) is 0.578. The molecule has 1 amide bonds. The number of carbonyl (C=O) groups excluding carboxylic acids is 1. The van der Waals surface area contributed by atoms with Gasteiger partial charge in [-0.1, -0.05) is 6.92 Å². The maximum absolute atomic E-state index is 12.4. The van der Waals surface area contributed by atoms with E-state index in [0.29, 0.717) is 6.42 Å². The molecule has 0 spiro atoms. The zero-order chi connectivity index (χ0) is 11.6. The molecule has 0 aromatic rings. The fourth-order valence-electron chi connectivity index (χ4n) is 0.578. The molecule has 0 aliphatic heterocycles. The van der Waals surface area contributed by atoms with Crippen LogP contribution in [0.4, 0.5) is 17.6 Å². The average Bonchev–Trinajstić information content (AvgIpc) is 2.03. The van der Waals surface area contributed by atoms with Crippen LogP contribution in [-0.4, -0.2) is 23.8 Å². The highest BCUT2D eigenvalue weighted by molar-refractivity contribution is 5.84. The highest BCUT2D eigenvalue weighted by atomic mass is 19.3. The Hall–Kier alpha value is -0.810. The minimum Gasteiger partial charge on any atom is -0.346 e. The Morgan fingerprint density at radius 3 is 2.07 bits per heavy atom. The van der Waals surface area contributed by atoms with Crippen molar-refractivity contribution in [1.82, 2.24) is 5.32 Å². The van der Waals surface area contributed by atoms with Gasteiger partial charge in [-0.25, -0.2) is 8.78 Å². The lowest BCUT2D eigenvalue weighted by molar-refractivity contribution is -0.171. The van der Waals surface area contributed by atoms with E-state index in [9.17, 15) is 22.4 Å². The Morgan fingerprint density at radius 1 is 1.36 bits per heavy atom. The summed E-state index contributed by atoms with van der Waals surface area (Å²) < 4.78 is 48.4. The van der Waals surface area contributed by atoms with Gasteiger partial charge in [-0.05, 0) is 20.3 Å². The van der Waals surface area contributed by atoms with Gasteiger partial charge in [-0.3, -0.25) is 4.79 Å². The Morgan fingerprint density at radius 2 is 1.79 bits per heavy atom. The molecule has 0 heterocycles. The standard InChI is InChI=1S/C8H13F4NO/c1-4-7(2,3)13-6(14)8(11,12)5(9)10/h5H,4H2,1-3H3,(H,13,14). The summed E-state index contributed by atoms with van der Waals surface area (Å²) in [5.41, 5.74) is -0.907. The highest BCUT2D eigenvalue weighted by Gasteiger charge is 2.49. The van der Waals surface area contributed by atoms with Crippen molar-refractivity contribution in [2.24, 2.45) is 0 Å². The Kier molecular flexibility index (Phi) is 3.91. The normalized spacial score (nSPS) is 13.1. The number of hydrogen-bond donors (Lipinski definition) is 1. The van der Waals surface area contributed by atoms with Crippen molar-refractivity contribution in [1.29, 1.82) is 0 Å². The quantitative estimate of drug-likeness (QED) is 0.715. The van der Waals surface area contributed by atoms with Crippen LogP contribution < -0.4 is 5.32 Å². The van der Waals surface area contributed by atoms with Gasteiger partial charge in [0.05, 0.1) is 0 Å². The summed E-state index contributed by atoms with van der Waals surface area (Å²) in [5.74, 6) is -6.55. The van der Waals surface area contributed by atoms with Crippen LogP contribution in [0.15, 0.2) is 0 Å². The number of amides is 1. The molecule has 6 heteroatoms. The molecular formula is C8H13F4NO. The first-order valence-electron chi connectivity index (χ1n) is 4.12. The third-order valence-corrected chi connectivity index (χ3v) is 1.91. The van der Waals surface area contributed by atoms with Gasteiger partial charge in [0.1, 0.15) is 0 Å². The first-order valence-corrected chi connectivity index (χ1v) is 4.12. The van der Waals surface area contributed by atoms with Gasteiger partial charge in [0, 0.05) is 5.54 Å². The Labute approximate surface area is 79.7 Å². The second-order valence-electron chi connectivity index (χ2n) is 3.62. The molecule has 0 fully saturated rings. The summed E-state index contributed by atoms with van der Waals surface area (Å²) in [6, 6.07) is 0. The maximum atomic E-state index is 12.4. The SMILES string of the molecule is CCC(C)(C)NC(=O)C(F)(F)C(F)F. The van der Waals surface area contributed by atoms with Crippen LogP contribution in [0.2, 0.25) is 0 Å². The van der Waals surface area contributed by atoms with E-state index in [-0.39, 0.29) is 0 Å². The van der Waals surface area contributed by atoms with E-state index in [2.05, 4.69) is 0 Å². The van der Waals surface area contributed by atoms with Crippen molar-refractivity contribution in [2.75, 3.05) is 0 Å². The van der Waals surface area contributed by atoms with E-state index < -0.39 is 23.8 Å². The molecule has 0 aliphatic rings. The zero-order valence-corrected chi connectivity index (χ0v) is 8.20. The topological polar surface area (TPSA) is 29.1 Å². The monoisotopic (exact) mass is 215 g/mol. The first-order chi connectivity index (χ1) is 6.13. The van der Waals surface area contributed by atoms with Crippen molar-refractivity contribution in [3.63, 3.8) is 0 Å². The second-order valence-corrected chi connectivity index (χ2v) is 3.62. The highest BCUT2D eigenvalue weighted by Crippen LogP contribution is 2.24. The second kappa shape index (κ2) is 4.14. The molecule has 0 rings (SSSR count). The predicted octanol–water partition coefficient (Wildman–Crippen LogP) is 2.19. The van der Waals surface area contributed by atoms with Crippen LogP contribution in [0.1, 0.15) is 27.2 Å². The Bertz CT molecular complexity index is 215. The van der Waals surface area contributed by atoms with Crippen molar-refractivity contribution < 1.29 is 22.4 Å². The molecule has 84 valence electrons. The van der Waals surface area contributed by atoms with Gasteiger partial charge in [0.25, 0.3) is 5.91 Å². The number of hydrogen-bond acceptors (Lipinski definition) is 1. The molecule has 0 aromatic heterocycles. The summed E-state index contributed by atoms with van der Waals surface area (Å²) in [4.78, 5) is 10.7. The summed E-state index contributed by atoms with van der Waals surface area (Å²) in [5, 5.41) is 1.86. The zero-order valence-electron chi connectivity index (χ0n) is 8.20. The number of halogens is 4. The van der Waals surface area contributed by atoms with Crippen LogP contribution >= 0.6 is 0 Å². The third-order valence-electron chi connectivity index (χ3n) is 1.91. The first kappa shape index (κ1) is 13.2. The van der Waals surface area contributed by atoms with Gasteiger partial charge in [-0.2, -0.15) is 8.78 Å². The van der Waals surface area contributed by atoms with E-state index in [1.54, 1.807) is 6.92 Å². The molecule has 2 nitrogen and oxygen atoms in total. The molecule has 0 aromatic carbocycles. The predicted molar refractivity (Wildman–Crippen MR) is 43.5 cm³/mol. The minimum atomic E-state index is -4.62. The van der Waals surface area contributed by atoms with Crippen molar-refractivity contribution in [3.8, 4) is 0 Å². The average molecular weight is 215 g/mol. The van der Waals surface area contributed by atoms with Crippen LogP contribution in [0.5, 0.6) is 0 Å². The van der Waals surface area contributed by atoms with Gasteiger partial charge in [0.2, 0.25) is 0 Å². The summed E-state index contributed by atoms with van der Waals surface area (Å²) >= 11 is 0. The molecular weight excluding hydrogens is 202 g/mol. The molecule has 0 bridgehead atoms. The molecule has 0 atom stereocenters. The van der Waals surface area contributed by atoms with E-state index in [1.807, 2.05) is 5.32 Å². The number of rotatable bonds is 4. The van der Waals surface area contributed by atoms with Crippen LogP contribution in [-0.2, 0) is 4.79 Å². The molecule has 0 saturated heterocycles. The smallest absolute Gasteiger partial charge is 0.346 e. The molecule has 0 saturated carbocycles. The lowest BCUT2D eigenvalue weighted by atomic mass is 10.0. The summed E-state index contributed by atoms with van der Waals surface area (Å²) in [6.45, 7) is 4.61. The number of nitrogens with one attached hydrogen (secondary N) is 1. The van der Waals surface area contributed by atoms with E-state index >= 15 is 0 Å². The van der Waals surface area contributed by atoms with E-state index in [0.717, 1.165) is 0 Å². The molecule has 0 aliphatic carbocycles. The lowest BCUT2D eigenvalue weighted by Gasteiger charge is -2.26. The van der Waals surface area contributed by atoms with Crippen LogP contribution in [0.3, 0.4) is 0 Å². The van der Waals surface area contributed by atoms with Crippen LogP contribution in [0.25, 0.3) is 0 Å². The third kappa shape index (κ3) is 3.16. The minimum absolute atomic E-state index is 0.373. The number of alkyl halides is 4. The summed E-state index contributed by atoms with van der Waals surface area (Å²) in [7, 11) is 0. The van der Waals surface area contributed by atoms with Crippen LogP contribution in [0, 0.1) is 0 Å². The number of carbonyl (C=O) groups is 1. The van der Waals surface area contributed by atoms with Gasteiger partial charge >= 0.3 is 12.3 Å². The maximum Gasteiger partial charge on any atom is 0.383 e. The molecule has 0 radical (unpaired) electrons. The van der Waals surface area contributed by atoms with Gasteiger partial charge in [-0.15, -0.1) is 0 Å². The largest absolute Gasteiger partial charge is 0.383 e. The van der Waals surface area contributed by atoms with Gasteiger partial charge in [0.15, 0.2) is 0 Å². The summed E-state index contributed by atoms with van der Waals surface area (Å²) in [6.07, 6.45) is -3.60. The van der Waals surface area contributed by atoms with Crippen molar-refractivity contribution >= 4 is 5.91 Å². The molecule has 0 unspecified atom stereocenters. The fraction of sp³-hybridized carbons (Fsp3) is 0.875.